The Balaban J connectivity index is 1.85. The fourth-order valence-corrected chi connectivity index (χ4v) is 3.20. The van der Waals surface area contributed by atoms with E-state index in [1.54, 1.807) is 0 Å². The third-order valence-electron chi connectivity index (χ3n) is 4.41. The summed E-state index contributed by atoms with van der Waals surface area (Å²) in [7, 11) is 0. The van der Waals surface area contributed by atoms with Crippen molar-refractivity contribution in [2.75, 3.05) is 39.3 Å². The Kier molecular flexibility index (Phi) is 5.95. The monoisotopic (exact) mass is 267 g/mol. The van der Waals surface area contributed by atoms with E-state index in [0.717, 1.165) is 39.3 Å². The van der Waals surface area contributed by atoms with E-state index in [-0.39, 0.29) is 6.03 Å². The van der Waals surface area contributed by atoms with Crippen molar-refractivity contribution in [1.29, 1.82) is 0 Å². The number of hydrogen-bond acceptors (Lipinski definition) is 2. The van der Waals surface area contributed by atoms with Gasteiger partial charge in [0.15, 0.2) is 0 Å². The first-order chi connectivity index (χ1) is 9.31. The van der Waals surface area contributed by atoms with Gasteiger partial charge in [0.05, 0.1) is 0 Å². The Morgan fingerprint density at radius 3 is 2.53 bits per heavy atom. The van der Waals surface area contributed by atoms with Crippen LogP contribution < -0.4 is 5.32 Å². The molecule has 0 aromatic carbocycles. The molecule has 1 unspecified atom stereocenters. The van der Waals surface area contributed by atoms with Crippen LogP contribution in [-0.2, 0) is 0 Å². The largest absolute Gasteiger partial charge is 0.325 e. The molecule has 1 atom stereocenters. The molecule has 2 fully saturated rings. The van der Waals surface area contributed by atoms with Gasteiger partial charge in [-0.3, -0.25) is 0 Å². The minimum absolute atomic E-state index is 0.273. The second kappa shape index (κ2) is 7.73. The summed E-state index contributed by atoms with van der Waals surface area (Å²) < 4.78 is 0. The molecular weight excluding hydrogens is 238 g/mol. The van der Waals surface area contributed by atoms with Gasteiger partial charge in [-0.2, -0.15) is 0 Å². The van der Waals surface area contributed by atoms with Crippen LogP contribution >= 0.6 is 0 Å². The summed E-state index contributed by atoms with van der Waals surface area (Å²) in [6.07, 6.45) is 7.42. The van der Waals surface area contributed by atoms with Crippen molar-refractivity contribution in [3.05, 3.63) is 0 Å². The maximum Gasteiger partial charge on any atom is 0.319 e. The molecule has 4 nitrogen and oxygen atoms in total. The second-order valence-corrected chi connectivity index (χ2v) is 5.93. The highest BCUT2D eigenvalue weighted by molar-refractivity contribution is 5.74. The second-order valence-electron chi connectivity index (χ2n) is 5.93. The molecule has 0 radical (unpaired) electrons. The quantitative estimate of drug-likeness (QED) is 0.851. The molecule has 2 aliphatic rings. The highest BCUT2D eigenvalue weighted by atomic mass is 16.2. The van der Waals surface area contributed by atoms with Crippen molar-refractivity contribution < 1.29 is 4.79 Å². The van der Waals surface area contributed by atoms with E-state index in [0.29, 0.717) is 5.92 Å². The summed E-state index contributed by atoms with van der Waals surface area (Å²) >= 11 is 0. The summed E-state index contributed by atoms with van der Waals surface area (Å²) in [5.41, 5.74) is 0. The Morgan fingerprint density at radius 1 is 1.21 bits per heavy atom. The molecule has 110 valence electrons. The summed E-state index contributed by atoms with van der Waals surface area (Å²) in [5, 5.41) is 3.44. The number of nitrogens with zero attached hydrogens (tertiary/aromatic N) is 2. The van der Waals surface area contributed by atoms with Gasteiger partial charge in [0.2, 0.25) is 0 Å². The van der Waals surface area contributed by atoms with Crippen molar-refractivity contribution in [1.82, 2.24) is 15.1 Å². The zero-order valence-corrected chi connectivity index (χ0v) is 12.4. The number of rotatable bonds is 3. The summed E-state index contributed by atoms with van der Waals surface area (Å²) in [6.45, 7) is 8.00. The van der Waals surface area contributed by atoms with Gasteiger partial charge in [0.1, 0.15) is 0 Å². The van der Waals surface area contributed by atoms with Gasteiger partial charge in [-0.25, -0.2) is 4.79 Å². The molecule has 0 aliphatic carbocycles. The van der Waals surface area contributed by atoms with E-state index in [2.05, 4.69) is 22.0 Å². The van der Waals surface area contributed by atoms with Gasteiger partial charge in [0, 0.05) is 26.2 Å². The van der Waals surface area contributed by atoms with E-state index >= 15 is 0 Å². The third kappa shape index (κ3) is 4.37. The van der Waals surface area contributed by atoms with Crippen LogP contribution in [-0.4, -0.2) is 55.1 Å². The first kappa shape index (κ1) is 14.6. The number of carbonyl (C=O) groups excluding carboxylic acids is 1. The van der Waals surface area contributed by atoms with Gasteiger partial charge < -0.3 is 15.1 Å². The van der Waals surface area contributed by atoms with Gasteiger partial charge in [-0.15, -0.1) is 0 Å². The Morgan fingerprint density at radius 2 is 1.95 bits per heavy atom. The number of nitrogens with one attached hydrogen (secondary N) is 1. The van der Waals surface area contributed by atoms with Gasteiger partial charge in [-0.1, -0.05) is 12.8 Å². The molecule has 0 spiro atoms. The average molecular weight is 267 g/mol. The molecule has 2 rings (SSSR count). The standard InChI is InChI=1S/C15H29N3O/c1-2-17(13-14-8-7-9-16-12-14)15(19)18-10-5-3-4-6-11-18/h14,16H,2-13H2,1H3. The molecule has 2 saturated heterocycles. The lowest BCUT2D eigenvalue weighted by Crippen LogP contribution is -2.47. The number of piperidine rings is 1. The molecule has 0 aromatic heterocycles. The minimum Gasteiger partial charge on any atom is -0.325 e. The van der Waals surface area contributed by atoms with Crippen molar-refractivity contribution in [2.45, 2.75) is 45.4 Å². The molecule has 2 heterocycles. The zero-order valence-electron chi connectivity index (χ0n) is 12.4. The van der Waals surface area contributed by atoms with Crippen LogP contribution in [0, 0.1) is 5.92 Å². The SMILES string of the molecule is CCN(CC1CCCNC1)C(=O)N1CCCCCC1. The lowest BCUT2D eigenvalue weighted by atomic mass is 9.99. The molecule has 1 N–H and O–H groups in total. The molecule has 19 heavy (non-hydrogen) atoms. The highest BCUT2D eigenvalue weighted by Crippen LogP contribution is 2.15. The van der Waals surface area contributed by atoms with Crippen molar-refractivity contribution in [3.8, 4) is 0 Å². The van der Waals surface area contributed by atoms with E-state index in [4.69, 9.17) is 0 Å². The van der Waals surface area contributed by atoms with E-state index in [1.807, 2.05) is 0 Å². The third-order valence-corrected chi connectivity index (χ3v) is 4.41. The maximum atomic E-state index is 12.6. The average Bonchev–Trinajstić information content (AvgIpc) is 2.74. The molecule has 4 heteroatoms. The van der Waals surface area contributed by atoms with Gasteiger partial charge >= 0.3 is 6.03 Å². The Hall–Kier alpha value is -0.770. The van der Waals surface area contributed by atoms with Crippen LogP contribution in [0.5, 0.6) is 0 Å². The minimum atomic E-state index is 0.273. The number of amides is 2. The topological polar surface area (TPSA) is 35.6 Å². The predicted molar refractivity (Wildman–Crippen MR) is 78.3 cm³/mol. The number of carbonyl (C=O) groups is 1. The number of urea groups is 1. The molecule has 0 bridgehead atoms. The summed E-state index contributed by atoms with van der Waals surface area (Å²) in [6, 6.07) is 0.273. The highest BCUT2D eigenvalue weighted by Gasteiger charge is 2.24. The van der Waals surface area contributed by atoms with Crippen LogP contribution in [0.2, 0.25) is 0 Å². The van der Waals surface area contributed by atoms with Crippen LogP contribution in [0.25, 0.3) is 0 Å². The Labute approximate surface area is 117 Å². The van der Waals surface area contributed by atoms with E-state index in [1.165, 1.54) is 38.5 Å². The Bertz CT molecular complexity index is 269. The smallest absolute Gasteiger partial charge is 0.319 e. The van der Waals surface area contributed by atoms with Gasteiger partial charge in [0.25, 0.3) is 0 Å². The number of likely N-dealkylation sites (tertiary alicyclic amines) is 1. The fourth-order valence-electron chi connectivity index (χ4n) is 3.20. The predicted octanol–water partition coefficient (Wildman–Crippen LogP) is 2.30. The van der Waals surface area contributed by atoms with Crippen LogP contribution in [0.3, 0.4) is 0 Å². The molecule has 0 aromatic rings. The van der Waals surface area contributed by atoms with Gasteiger partial charge in [-0.05, 0) is 51.6 Å². The fraction of sp³-hybridized carbons (Fsp3) is 0.933. The zero-order chi connectivity index (χ0) is 13.5. The van der Waals surface area contributed by atoms with E-state index < -0.39 is 0 Å². The van der Waals surface area contributed by atoms with Crippen molar-refractivity contribution in [3.63, 3.8) is 0 Å². The van der Waals surface area contributed by atoms with E-state index in [9.17, 15) is 4.79 Å². The normalized spacial score (nSPS) is 24.9. The van der Waals surface area contributed by atoms with Crippen molar-refractivity contribution >= 4 is 6.03 Å². The lowest BCUT2D eigenvalue weighted by Gasteiger charge is -2.33. The van der Waals surface area contributed by atoms with Crippen LogP contribution in [0.1, 0.15) is 45.4 Å². The number of hydrogen-bond donors (Lipinski definition) is 1. The molecular formula is C15H29N3O. The lowest BCUT2D eigenvalue weighted by molar-refractivity contribution is 0.144. The summed E-state index contributed by atoms with van der Waals surface area (Å²) in [5.74, 6) is 0.643. The molecule has 2 aliphatic heterocycles. The van der Waals surface area contributed by atoms with Crippen LogP contribution in [0.15, 0.2) is 0 Å². The van der Waals surface area contributed by atoms with Crippen molar-refractivity contribution in [2.24, 2.45) is 5.92 Å². The first-order valence-electron chi connectivity index (χ1n) is 8.06. The maximum absolute atomic E-state index is 12.6. The first-order valence-corrected chi connectivity index (χ1v) is 8.06. The molecule has 0 saturated carbocycles. The van der Waals surface area contributed by atoms with Crippen LogP contribution in [0.4, 0.5) is 4.79 Å². The summed E-state index contributed by atoms with van der Waals surface area (Å²) in [4.78, 5) is 16.7. The molecule has 2 amide bonds.